The first kappa shape index (κ1) is 21.1. The first-order valence-corrected chi connectivity index (χ1v) is 9.70. The van der Waals surface area contributed by atoms with Crippen LogP contribution < -0.4 is 10.1 Å². The minimum Gasteiger partial charge on any atom is -0.491 e. The maximum atomic E-state index is 12.5. The number of urea groups is 1. The number of morpholine rings is 1. The van der Waals surface area contributed by atoms with Crippen molar-refractivity contribution < 1.29 is 29.0 Å². The Labute approximate surface area is 169 Å². The number of aliphatic hydroxyl groups excluding tert-OH is 1. The summed E-state index contributed by atoms with van der Waals surface area (Å²) in [6.45, 7) is 5.47. The zero-order valence-electron chi connectivity index (χ0n) is 16.7. The minimum absolute atomic E-state index is 0.0568. The Hall–Kier alpha value is -2.65. The van der Waals surface area contributed by atoms with E-state index in [9.17, 15) is 19.5 Å². The Morgan fingerprint density at radius 3 is 2.76 bits per heavy atom. The van der Waals surface area contributed by atoms with Gasteiger partial charge in [-0.15, -0.1) is 0 Å². The van der Waals surface area contributed by atoms with Gasteiger partial charge in [0.1, 0.15) is 24.5 Å². The molecule has 3 rings (SSSR count). The van der Waals surface area contributed by atoms with Crippen LogP contribution in [0.3, 0.4) is 0 Å². The van der Waals surface area contributed by atoms with Gasteiger partial charge in [-0.2, -0.15) is 0 Å². The molecule has 0 radical (unpaired) electrons. The molecule has 2 heterocycles. The van der Waals surface area contributed by atoms with Crippen molar-refractivity contribution in [1.82, 2.24) is 15.1 Å². The number of aryl methyl sites for hydroxylation is 2. The Kier molecular flexibility index (Phi) is 6.71. The first-order valence-electron chi connectivity index (χ1n) is 9.70. The number of amides is 4. The monoisotopic (exact) mass is 405 g/mol. The third-order valence-corrected chi connectivity index (χ3v) is 5.02. The highest BCUT2D eigenvalue weighted by Crippen LogP contribution is 2.19. The maximum Gasteiger partial charge on any atom is 0.324 e. The predicted octanol–water partition coefficient (Wildman–Crippen LogP) is 0.212. The molecule has 0 unspecified atom stereocenters. The molecule has 9 heteroatoms. The van der Waals surface area contributed by atoms with E-state index in [0.717, 1.165) is 16.0 Å². The highest BCUT2D eigenvalue weighted by Gasteiger charge is 2.40. The van der Waals surface area contributed by atoms with E-state index in [0.29, 0.717) is 32.1 Å². The van der Waals surface area contributed by atoms with Gasteiger partial charge in [0.15, 0.2) is 0 Å². The lowest BCUT2D eigenvalue weighted by atomic mass is 10.1. The molecule has 9 nitrogen and oxygen atoms in total. The second kappa shape index (κ2) is 9.23. The average Bonchev–Trinajstić information content (AvgIpc) is 2.96. The number of hydrogen-bond donors (Lipinski definition) is 2. The van der Waals surface area contributed by atoms with Gasteiger partial charge in [0, 0.05) is 13.1 Å². The van der Waals surface area contributed by atoms with Crippen LogP contribution in [0.1, 0.15) is 17.5 Å². The van der Waals surface area contributed by atoms with Gasteiger partial charge in [0.2, 0.25) is 5.91 Å². The van der Waals surface area contributed by atoms with Crippen molar-refractivity contribution in [3.63, 3.8) is 0 Å². The molecule has 0 saturated carbocycles. The van der Waals surface area contributed by atoms with Crippen LogP contribution in [0.2, 0.25) is 0 Å². The standard InChI is InChI=1S/C20H27N3O6/c1-13-3-4-14(2)17(9-13)29-12-15(24)11-23-19(26)16(21-20(23)27)10-18(25)22-5-7-28-8-6-22/h3-4,9,15-16,24H,5-8,10-12H2,1-2H3,(H,21,27)/t15-,16+/m1/s1. The second-order valence-electron chi connectivity index (χ2n) is 7.38. The Bertz CT molecular complexity index is 777. The normalized spacial score (nSPS) is 20.6. The van der Waals surface area contributed by atoms with Crippen molar-refractivity contribution in [3.8, 4) is 5.75 Å². The van der Waals surface area contributed by atoms with Crippen LogP contribution in [-0.4, -0.2) is 84.4 Å². The van der Waals surface area contributed by atoms with Gasteiger partial charge in [0.25, 0.3) is 5.91 Å². The zero-order valence-corrected chi connectivity index (χ0v) is 16.7. The number of hydrogen-bond acceptors (Lipinski definition) is 6. The summed E-state index contributed by atoms with van der Waals surface area (Å²) < 4.78 is 10.8. The summed E-state index contributed by atoms with van der Waals surface area (Å²) in [4.78, 5) is 39.6. The number of benzene rings is 1. The highest BCUT2D eigenvalue weighted by atomic mass is 16.5. The molecule has 2 fully saturated rings. The number of aliphatic hydroxyl groups is 1. The van der Waals surface area contributed by atoms with Crippen molar-refractivity contribution in [1.29, 1.82) is 0 Å². The molecule has 29 heavy (non-hydrogen) atoms. The van der Waals surface area contributed by atoms with Crippen LogP contribution in [0.25, 0.3) is 0 Å². The molecular formula is C20H27N3O6. The lowest BCUT2D eigenvalue weighted by Gasteiger charge is -2.27. The van der Waals surface area contributed by atoms with Gasteiger partial charge in [-0.25, -0.2) is 4.79 Å². The SMILES string of the molecule is Cc1ccc(C)c(OC[C@H](O)CN2C(=O)N[C@@H](CC(=O)N3CCOCC3)C2=O)c1. The number of nitrogens with one attached hydrogen (secondary N) is 1. The van der Waals surface area contributed by atoms with E-state index < -0.39 is 24.1 Å². The van der Waals surface area contributed by atoms with Crippen molar-refractivity contribution in [3.05, 3.63) is 29.3 Å². The molecule has 158 valence electrons. The summed E-state index contributed by atoms with van der Waals surface area (Å²) in [6.07, 6.45) is -1.14. The smallest absolute Gasteiger partial charge is 0.324 e. The van der Waals surface area contributed by atoms with E-state index in [4.69, 9.17) is 9.47 Å². The van der Waals surface area contributed by atoms with Gasteiger partial charge >= 0.3 is 6.03 Å². The molecule has 2 N–H and O–H groups in total. The number of nitrogens with zero attached hydrogens (tertiary/aromatic N) is 2. The fourth-order valence-corrected chi connectivity index (χ4v) is 3.32. The summed E-state index contributed by atoms with van der Waals surface area (Å²) in [5, 5.41) is 12.8. The molecule has 2 aliphatic heterocycles. The maximum absolute atomic E-state index is 12.5. The van der Waals surface area contributed by atoms with Crippen molar-refractivity contribution in [2.45, 2.75) is 32.4 Å². The Morgan fingerprint density at radius 1 is 1.31 bits per heavy atom. The topological polar surface area (TPSA) is 108 Å². The zero-order chi connectivity index (χ0) is 21.0. The van der Waals surface area contributed by atoms with Crippen molar-refractivity contribution >= 4 is 17.8 Å². The number of carbonyl (C=O) groups excluding carboxylic acids is 3. The molecule has 4 amide bonds. The summed E-state index contributed by atoms with van der Waals surface area (Å²) in [6, 6.07) is 4.23. The number of rotatable bonds is 7. The van der Waals surface area contributed by atoms with Gasteiger partial charge in [-0.1, -0.05) is 12.1 Å². The van der Waals surface area contributed by atoms with E-state index in [1.54, 1.807) is 4.90 Å². The van der Waals surface area contributed by atoms with E-state index >= 15 is 0 Å². The quantitative estimate of drug-likeness (QED) is 0.628. The molecule has 2 saturated heterocycles. The summed E-state index contributed by atoms with van der Waals surface area (Å²) in [5.74, 6) is -0.0646. The molecule has 0 aliphatic carbocycles. The van der Waals surface area contributed by atoms with Crippen LogP contribution in [0.5, 0.6) is 5.75 Å². The molecule has 2 atom stereocenters. The Balaban J connectivity index is 1.51. The van der Waals surface area contributed by atoms with Crippen LogP contribution in [-0.2, 0) is 14.3 Å². The van der Waals surface area contributed by atoms with Gasteiger partial charge in [0.05, 0.1) is 26.2 Å². The highest BCUT2D eigenvalue weighted by molar-refractivity contribution is 6.05. The van der Waals surface area contributed by atoms with E-state index in [2.05, 4.69) is 5.32 Å². The van der Waals surface area contributed by atoms with E-state index in [1.807, 2.05) is 32.0 Å². The van der Waals surface area contributed by atoms with Gasteiger partial charge in [-0.3, -0.25) is 14.5 Å². The summed E-state index contributed by atoms with van der Waals surface area (Å²) >= 11 is 0. The molecule has 1 aromatic rings. The van der Waals surface area contributed by atoms with Crippen molar-refractivity contribution in [2.24, 2.45) is 0 Å². The second-order valence-corrected chi connectivity index (χ2v) is 7.38. The molecule has 0 bridgehead atoms. The first-order chi connectivity index (χ1) is 13.8. The van der Waals surface area contributed by atoms with Gasteiger partial charge < -0.3 is 24.8 Å². The number of imide groups is 1. The molecule has 0 spiro atoms. The van der Waals surface area contributed by atoms with Crippen LogP contribution in [0.4, 0.5) is 4.79 Å². The Morgan fingerprint density at radius 2 is 2.03 bits per heavy atom. The summed E-state index contributed by atoms with van der Waals surface area (Å²) in [7, 11) is 0. The lowest BCUT2D eigenvalue weighted by Crippen LogP contribution is -2.44. The third-order valence-electron chi connectivity index (χ3n) is 5.02. The van der Waals surface area contributed by atoms with Crippen molar-refractivity contribution in [2.75, 3.05) is 39.5 Å². The molecular weight excluding hydrogens is 378 g/mol. The molecule has 2 aliphatic rings. The van der Waals surface area contributed by atoms with Gasteiger partial charge in [-0.05, 0) is 31.0 Å². The van der Waals surface area contributed by atoms with Crippen LogP contribution in [0.15, 0.2) is 18.2 Å². The average molecular weight is 405 g/mol. The fraction of sp³-hybridized carbons (Fsp3) is 0.550. The molecule has 1 aromatic carbocycles. The van der Waals surface area contributed by atoms with Crippen LogP contribution in [0, 0.1) is 13.8 Å². The van der Waals surface area contributed by atoms with Crippen LogP contribution >= 0.6 is 0 Å². The lowest BCUT2D eigenvalue weighted by molar-refractivity contribution is -0.138. The summed E-state index contributed by atoms with van der Waals surface area (Å²) in [5.41, 5.74) is 1.96. The number of carbonyl (C=O) groups is 3. The number of β-amino-alcohol motifs (C(OH)–C–C–N with tert-alkyl or cyclic N) is 1. The van der Waals surface area contributed by atoms with E-state index in [1.165, 1.54) is 0 Å². The minimum atomic E-state index is -1.04. The molecule has 0 aromatic heterocycles. The predicted molar refractivity (Wildman–Crippen MR) is 103 cm³/mol. The largest absolute Gasteiger partial charge is 0.491 e. The third kappa shape index (κ3) is 5.24. The van der Waals surface area contributed by atoms with E-state index in [-0.39, 0.29) is 25.5 Å². The fourth-order valence-electron chi connectivity index (χ4n) is 3.32. The number of ether oxygens (including phenoxy) is 2.